The molecule has 1 aromatic rings. The molecule has 1 aliphatic carbocycles. The van der Waals surface area contributed by atoms with Crippen LogP contribution in [0.25, 0.3) is 0 Å². The Morgan fingerprint density at radius 3 is 2.89 bits per heavy atom. The molecule has 0 radical (unpaired) electrons. The first-order valence-electron chi connectivity index (χ1n) is 6.85. The van der Waals surface area contributed by atoms with Crippen molar-refractivity contribution in [1.82, 2.24) is 5.32 Å². The minimum Gasteiger partial charge on any atom is -0.490 e. The lowest BCUT2D eigenvalue weighted by atomic mass is 10.1. The van der Waals surface area contributed by atoms with Gasteiger partial charge in [-0.2, -0.15) is 0 Å². The second kappa shape index (κ2) is 4.81. The number of fused-ring (bicyclic) bond motifs is 1. The van der Waals surface area contributed by atoms with E-state index >= 15 is 0 Å². The molecular formula is C15H21NO2. The first-order chi connectivity index (χ1) is 8.77. The Hall–Kier alpha value is -1.22. The van der Waals surface area contributed by atoms with Crippen molar-refractivity contribution in [1.29, 1.82) is 0 Å². The maximum atomic E-state index is 5.81. The second-order valence-electron chi connectivity index (χ2n) is 5.71. The van der Waals surface area contributed by atoms with Crippen LogP contribution in [-0.2, 0) is 6.54 Å². The lowest BCUT2D eigenvalue weighted by Crippen LogP contribution is -2.21. The quantitative estimate of drug-likeness (QED) is 0.887. The molecule has 1 aliphatic heterocycles. The third kappa shape index (κ3) is 2.61. The summed E-state index contributed by atoms with van der Waals surface area (Å²) in [6, 6.07) is 6.16. The van der Waals surface area contributed by atoms with Gasteiger partial charge in [-0.1, -0.05) is 19.1 Å². The van der Waals surface area contributed by atoms with Gasteiger partial charge in [-0.05, 0) is 24.3 Å². The lowest BCUT2D eigenvalue weighted by molar-refractivity contribution is 0.296. The average Bonchev–Trinajstić information content (AvgIpc) is 3.13. The van der Waals surface area contributed by atoms with Crippen molar-refractivity contribution in [3.05, 3.63) is 23.8 Å². The highest BCUT2D eigenvalue weighted by Crippen LogP contribution is 2.44. The Morgan fingerprint density at radius 1 is 1.22 bits per heavy atom. The molecule has 0 atom stereocenters. The summed E-state index contributed by atoms with van der Waals surface area (Å²) in [5.41, 5.74) is 1.75. The Kier molecular flexibility index (Phi) is 3.16. The molecule has 3 nitrogen and oxygen atoms in total. The molecular weight excluding hydrogens is 226 g/mol. The van der Waals surface area contributed by atoms with Crippen LogP contribution < -0.4 is 14.8 Å². The zero-order chi connectivity index (χ0) is 12.4. The SMILES string of the molecule is CC1(CNCc2cccc3c2OCCCO3)CC1. The normalized spacial score (nSPS) is 20.3. The molecule has 0 spiro atoms. The van der Waals surface area contributed by atoms with Crippen molar-refractivity contribution in [2.24, 2.45) is 5.41 Å². The van der Waals surface area contributed by atoms with E-state index in [9.17, 15) is 0 Å². The van der Waals surface area contributed by atoms with Crippen LogP contribution in [0.1, 0.15) is 31.7 Å². The average molecular weight is 247 g/mol. The van der Waals surface area contributed by atoms with Gasteiger partial charge in [-0.25, -0.2) is 0 Å². The Labute approximate surface area is 108 Å². The molecule has 1 fully saturated rings. The van der Waals surface area contributed by atoms with Crippen molar-refractivity contribution in [2.45, 2.75) is 32.7 Å². The van der Waals surface area contributed by atoms with Crippen LogP contribution >= 0.6 is 0 Å². The highest BCUT2D eigenvalue weighted by Gasteiger charge is 2.36. The van der Waals surface area contributed by atoms with Crippen LogP contribution in [0, 0.1) is 5.41 Å². The topological polar surface area (TPSA) is 30.5 Å². The van der Waals surface area contributed by atoms with Crippen LogP contribution in [0.2, 0.25) is 0 Å². The summed E-state index contributed by atoms with van der Waals surface area (Å²) in [6.07, 6.45) is 3.67. The predicted molar refractivity (Wildman–Crippen MR) is 71.1 cm³/mol. The Bertz CT molecular complexity index is 427. The van der Waals surface area contributed by atoms with Gasteiger partial charge in [0.15, 0.2) is 11.5 Å². The van der Waals surface area contributed by atoms with Crippen LogP contribution in [0.5, 0.6) is 11.5 Å². The fraction of sp³-hybridized carbons (Fsp3) is 0.600. The maximum Gasteiger partial charge on any atom is 0.165 e. The number of hydrogen-bond acceptors (Lipinski definition) is 3. The summed E-state index contributed by atoms with van der Waals surface area (Å²) in [7, 11) is 0. The molecule has 1 heterocycles. The highest BCUT2D eigenvalue weighted by molar-refractivity contribution is 5.47. The largest absolute Gasteiger partial charge is 0.490 e. The maximum absolute atomic E-state index is 5.81. The van der Waals surface area contributed by atoms with Gasteiger partial charge >= 0.3 is 0 Å². The molecule has 0 bridgehead atoms. The van der Waals surface area contributed by atoms with Crippen molar-refractivity contribution in [3.8, 4) is 11.5 Å². The highest BCUT2D eigenvalue weighted by atomic mass is 16.5. The van der Waals surface area contributed by atoms with Gasteiger partial charge in [-0.15, -0.1) is 0 Å². The molecule has 18 heavy (non-hydrogen) atoms. The summed E-state index contributed by atoms with van der Waals surface area (Å²) in [5, 5.41) is 3.54. The molecule has 0 amide bonds. The molecule has 3 heteroatoms. The first kappa shape index (κ1) is 11.8. The van der Waals surface area contributed by atoms with E-state index in [4.69, 9.17) is 9.47 Å². The van der Waals surface area contributed by atoms with E-state index in [-0.39, 0.29) is 0 Å². The molecule has 3 rings (SSSR count). The smallest absolute Gasteiger partial charge is 0.165 e. The van der Waals surface area contributed by atoms with Gasteiger partial charge in [0, 0.05) is 25.1 Å². The van der Waals surface area contributed by atoms with E-state index in [0.717, 1.165) is 44.2 Å². The summed E-state index contributed by atoms with van der Waals surface area (Å²) in [4.78, 5) is 0. The molecule has 0 aromatic heterocycles. The Balaban J connectivity index is 1.67. The third-order valence-electron chi connectivity index (χ3n) is 3.82. The van der Waals surface area contributed by atoms with E-state index in [1.807, 2.05) is 12.1 Å². The summed E-state index contributed by atoms with van der Waals surface area (Å²) < 4.78 is 11.5. The van der Waals surface area contributed by atoms with E-state index in [1.54, 1.807) is 0 Å². The number of hydrogen-bond donors (Lipinski definition) is 1. The fourth-order valence-electron chi connectivity index (χ4n) is 2.28. The minimum atomic E-state index is 0.545. The van der Waals surface area contributed by atoms with Gasteiger partial charge < -0.3 is 14.8 Å². The van der Waals surface area contributed by atoms with Crippen molar-refractivity contribution in [2.75, 3.05) is 19.8 Å². The van der Waals surface area contributed by atoms with E-state index in [2.05, 4.69) is 18.3 Å². The van der Waals surface area contributed by atoms with Crippen molar-refractivity contribution in [3.63, 3.8) is 0 Å². The summed E-state index contributed by atoms with van der Waals surface area (Å²) >= 11 is 0. The lowest BCUT2D eigenvalue weighted by Gasteiger charge is -2.14. The van der Waals surface area contributed by atoms with Crippen molar-refractivity contribution >= 4 is 0 Å². The van der Waals surface area contributed by atoms with E-state index < -0.39 is 0 Å². The summed E-state index contributed by atoms with van der Waals surface area (Å²) in [6.45, 7) is 5.80. The molecule has 0 unspecified atom stereocenters. The third-order valence-corrected chi connectivity index (χ3v) is 3.82. The molecule has 0 saturated heterocycles. The van der Waals surface area contributed by atoms with E-state index in [1.165, 1.54) is 18.4 Å². The van der Waals surface area contributed by atoms with Gasteiger partial charge in [0.25, 0.3) is 0 Å². The molecule has 2 aliphatic rings. The van der Waals surface area contributed by atoms with Crippen LogP contribution in [-0.4, -0.2) is 19.8 Å². The second-order valence-corrected chi connectivity index (χ2v) is 5.71. The van der Waals surface area contributed by atoms with Crippen LogP contribution in [0.15, 0.2) is 18.2 Å². The standard InChI is InChI=1S/C15H21NO2/c1-15(6-7-15)11-16-10-12-4-2-5-13-14(12)18-9-3-8-17-13/h2,4-5,16H,3,6-11H2,1H3. The van der Waals surface area contributed by atoms with Gasteiger partial charge in [0.2, 0.25) is 0 Å². The zero-order valence-electron chi connectivity index (χ0n) is 11.0. The first-order valence-corrected chi connectivity index (χ1v) is 6.85. The summed E-state index contributed by atoms with van der Waals surface area (Å²) in [5.74, 6) is 1.83. The molecule has 1 N–H and O–H groups in total. The number of para-hydroxylation sites is 1. The number of rotatable bonds is 4. The predicted octanol–water partition coefficient (Wildman–Crippen LogP) is 2.74. The zero-order valence-corrected chi connectivity index (χ0v) is 11.0. The number of ether oxygens (including phenoxy) is 2. The fourth-order valence-corrected chi connectivity index (χ4v) is 2.28. The van der Waals surface area contributed by atoms with Crippen molar-refractivity contribution < 1.29 is 9.47 Å². The van der Waals surface area contributed by atoms with Gasteiger partial charge in [-0.3, -0.25) is 0 Å². The molecule has 1 aromatic carbocycles. The van der Waals surface area contributed by atoms with Gasteiger partial charge in [0.05, 0.1) is 13.2 Å². The minimum absolute atomic E-state index is 0.545. The van der Waals surface area contributed by atoms with Crippen LogP contribution in [0.4, 0.5) is 0 Å². The monoisotopic (exact) mass is 247 g/mol. The molecule has 1 saturated carbocycles. The van der Waals surface area contributed by atoms with Crippen LogP contribution in [0.3, 0.4) is 0 Å². The Morgan fingerprint density at radius 2 is 2.06 bits per heavy atom. The van der Waals surface area contributed by atoms with E-state index in [0.29, 0.717) is 5.41 Å². The number of nitrogens with one attached hydrogen (secondary N) is 1. The molecule has 98 valence electrons. The number of benzene rings is 1. The van der Waals surface area contributed by atoms with Gasteiger partial charge in [0.1, 0.15) is 0 Å².